The molecule has 0 saturated heterocycles. The van der Waals surface area contributed by atoms with Crippen molar-refractivity contribution in [2.75, 3.05) is 20.7 Å². The zero-order valence-corrected chi connectivity index (χ0v) is 9.65. The Balaban J connectivity index is 2.63. The molecular formula is C12H17F2NO. The van der Waals surface area contributed by atoms with E-state index in [0.717, 1.165) is 25.5 Å². The maximum absolute atomic E-state index is 13.5. The molecule has 0 unspecified atom stereocenters. The van der Waals surface area contributed by atoms with Gasteiger partial charge in [-0.3, -0.25) is 0 Å². The number of benzene rings is 1. The summed E-state index contributed by atoms with van der Waals surface area (Å²) < 4.78 is 31.5. The molecule has 1 aromatic carbocycles. The first-order valence-corrected chi connectivity index (χ1v) is 5.35. The summed E-state index contributed by atoms with van der Waals surface area (Å²) in [6.07, 6.45) is 2.33. The van der Waals surface area contributed by atoms with Gasteiger partial charge < -0.3 is 10.1 Å². The molecule has 0 saturated carbocycles. The number of unbranched alkanes of at least 4 members (excludes halogenated alkanes) is 1. The number of halogens is 2. The largest absolute Gasteiger partial charge is 0.494 e. The van der Waals surface area contributed by atoms with E-state index in [0.29, 0.717) is 12.0 Å². The highest BCUT2D eigenvalue weighted by Gasteiger charge is 2.09. The average Bonchev–Trinajstić information content (AvgIpc) is 2.28. The minimum atomic E-state index is -0.507. The Morgan fingerprint density at radius 2 is 1.94 bits per heavy atom. The maximum Gasteiger partial charge on any atom is 0.165 e. The number of aryl methyl sites for hydroxylation is 1. The fourth-order valence-electron chi connectivity index (χ4n) is 1.54. The molecule has 0 aromatic heterocycles. The van der Waals surface area contributed by atoms with Crippen molar-refractivity contribution in [2.24, 2.45) is 0 Å². The summed E-state index contributed by atoms with van der Waals surface area (Å²) in [7, 11) is 3.19. The summed E-state index contributed by atoms with van der Waals surface area (Å²) >= 11 is 0. The fourth-order valence-corrected chi connectivity index (χ4v) is 1.54. The van der Waals surface area contributed by atoms with Crippen LogP contribution in [0, 0.1) is 11.6 Å². The lowest BCUT2D eigenvalue weighted by molar-refractivity contribution is 0.381. The van der Waals surface area contributed by atoms with Crippen LogP contribution in [-0.2, 0) is 6.42 Å². The summed E-state index contributed by atoms with van der Waals surface area (Å²) in [5.41, 5.74) is 0.411. The highest BCUT2D eigenvalue weighted by molar-refractivity contribution is 5.30. The summed E-state index contributed by atoms with van der Waals surface area (Å²) in [5.74, 6) is -0.952. The van der Waals surface area contributed by atoms with E-state index in [1.807, 2.05) is 7.05 Å². The van der Waals surface area contributed by atoms with Crippen molar-refractivity contribution in [1.82, 2.24) is 5.32 Å². The van der Waals surface area contributed by atoms with Crippen LogP contribution in [0.2, 0.25) is 0 Å². The van der Waals surface area contributed by atoms with Crippen LogP contribution >= 0.6 is 0 Å². The first-order valence-electron chi connectivity index (χ1n) is 5.35. The Morgan fingerprint density at radius 1 is 1.19 bits per heavy atom. The van der Waals surface area contributed by atoms with Crippen molar-refractivity contribution in [3.05, 3.63) is 29.3 Å². The minimum absolute atomic E-state index is 0.0449. The van der Waals surface area contributed by atoms with E-state index in [4.69, 9.17) is 4.74 Å². The molecule has 90 valence electrons. The Bertz CT molecular complexity index is 342. The van der Waals surface area contributed by atoms with Crippen LogP contribution in [0.25, 0.3) is 0 Å². The molecule has 0 heterocycles. The molecule has 0 aliphatic heterocycles. The van der Waals surface area contributed by atoms with Gasteiger partial charge in [-0.25, -0.2) is 8.78 Å². The van der Waals surface area contributed by atoms with Gasteiger partial charge in [-0.1, -0.05) is 0 Å². The van der Waals surface area contributed by atoms with E-state index in [1.165, 1.54) is 13.2 Å². The molecule has 0 amide bonds. The second kappa shape index (κ2) is 6.43. The molecule has 4 heteroatoms. The second-order valence-corrected chi connectivity index (χ2v) is 3.64. The Hall–Kier alpha value is -1.16. The summed E-state index contributed by atoms with van der Waals surface area (Å²) in [5, 5.41) is 3.01. The standard InChI is InChI=1S/C12H17F2NO/c1-15-6-4-3-5-9-7-11(14)12(16-2)8-10(9)13/h7-8,15H,3-6H2,1-2H3. The van der Waals surface area contributed by atoms with Gasteiger partial charge >= 0.3 is 0 Å². The third-order valence-electron chi connectivity index (χ3n) is 2.44. The number of methoxy groups -OCH3 is 1. The van der Waals surface area contributed by atoms with Gasteiger partial charge in [0, 0.05) is 6.07 Å². The molecule has 0 aliphatic carbocycles. The van der Waals surface area contributed by atoms with Crippen LogP contribution in [0.3, 0.4) is 0 Å². The topological polar surface area (TPSA) is 21.3 Å². The SMILES string of the molecule is CNCCCCc1cc(F)c(OC)cc1F. The second-order valence-electron chi connectivity index (χ2n) is 3.64. The highest BCUT2D eigenvalue weighted by Crippen LogP contribution is 2.22. The summed E-state index contributed by atoms with van der Waals surface area (Å²) in [6, 6.07) is 2.32. The lowest BCUT2D eigenvalue weighted by atomic mass is 10.1. The molecule has 1 aromatic rings. The van der Waals surface area contributed by atoms with Gasteiger partial charge in [-0.15, -0.1) is 0 Å². The summed E-state index contributed by atoms with van der Waals surface area (Å²) in [6.45, 7) is 0.889. The van der Waals surface area contributed by atoms with E-state index in [-0.39, 0.29) is 5.75 Å². The van der Waals surface area contributed by atoms with Gasteiger partial charge in [-0.2, -0.15) is 0 Å². The maximum atomic E-state index is 13.5. The van der Waals surface area contributed by atoms with Gasteiger partial charge in [-0.05, 0) is 44.5 Å². The van der Waals surface area contributed by atoms with Gasteiger partial charge in [0.05, 0.1) is 7.11 Å². The van der Waals surface area contributed by atoms with Gasteiger partial charge in [0.25, 0.3) is 0 Å². The number of hydrogen-bond acceptors (Lipinski definition) is 2. The van der Waals surface area contributed by atoms with E-state index < -0.39 is 11.6 Å². The molecule has 16 heavy (non-hydrogen) atoms. The lowest BCUT2D eigenvalue weighted by Crippen LogP contribution is -2.07. The predicted octanol–water partition coefficient (Wildman–Crippen LogP) is 2.52. The van der Waals surface area contributed by atoms with Gasteiger partial charge in [0.2, 0.25) is 0 Å². The average molecular weight is 229 g/mol. The van der Waals surface area contributed by atoms with E-state index in [9.17, 15) is 8.78 Å². The van der Waals surface area contributed by atoms with Crippen LogP contribution in [0.4, 0.5) is 8.78 Å². The van der Waals surface area contributed by atoms with Crippen LogP contribution in [0.1, 0.15) is 18.4 Å². The quantitative estimate of drug-likeness (QED) is 0.757. The molecule has 0 aliphatic rings. The van der Waals surface area contributed by atoms with Crippen LogP contribution in [0.5, 0.6) is 5.75 Å². The van der Waals surface area contributed by atoms with Gasteiger partial charge in [0.1, 0.15) is 5.82 Å². The van der Waals surface area contributed by atoms with Crippen LogP contribution < -0.4 is 10.1 Å². The minimum Gasteiger partial charge on any atom is -0.494 e. The van der Waals surface area contributed by atoms with Crippen molar-refractivity contribution in [1.29, 1.82) is 0 Å². The molecule has 0 radical (unpaired) electrons. The molecule has 1 rings (SSSR count). The molecule has 0 bridgehead atoms. The van der Waals surface area contributed by atoms with Gasteiger partial charge in [0.15, 0.2) is 11.6 Å². The van der Waals surface area contributed by atoms with Crippen LogP contribution in [-0.4, -0.2) is 20.7 Å². The van der Waals surface area contributed by atoms with Crippen molar-refractivity contribution in [3.8, 4) is 5.75 Å². The zero-order chi connectivity index (χ0) is 12.0. The smallest absolute Gasteiger partial charge is 0.165 e. The normalized spacial score (nSPS) is 10.5. The van der Waals surface area contributed by atoms with E-state index in [2.05, 4.69) is 5.32 Å². The molecule has 0 spiro atoms. The Morgan fingerprint density at radius 3 is 2.56 bits per heavy atom. The summed E-state index contributed by atoms with van der Waals surface area (Å²) in [4.78, 5) is 0. The molecule has 2 nitrogen and oxygen atoms in total. The van der Waals surface area contributed by atoms with E-state index in [1.54, 1.807) is 0 Å². The van der Waals surface area contributed by atoms with Crippen molar-refractivity contribution in [3.63, 3.8) is 0 Å². The number of rotatable bonds is 6. The third kappa shape index (κ3) is 3.45. The van der Waals surface area contributed by atoms with Crippen LogP contribution in [0.15, 0.2) is 12.1 Å². The number of hydrogen-bond donors (Lipinski definition) is 1. The molecule has 0 atom stereocenters. The predicted molar refractivity (Wildman–Crippen MR) is 59.8 cm³/mol. The zero-order valence-electron chi connectivity index (χ0n) is 9.65. The monoisotopic (exact) mass is 229 g/mol. The Labute approximate surface area is 94.6 Å². The number of ether oxygens (including phenoxy) is 1. The third-order valence-corrected chi connectivity index (χ3v) is 2.44. The number of nitrogens with one attached hydrogen (secondary N) is 1. The highest BCUT2D eigenvalue weighted by atomic mass is 19.1. The lowest BCUT2D eigenvalue weighted by Gasteiger charge is -2.07. The first-order chi connectivity index (χ1) is 7.69. The van der Waals surface area contributed by atoms with Crippen molar-refractivity contribution in [2.45, 2.75) is 19.3 Å². The first kappa shape index (κ1) is 12.9. The fraction of sp³-hybridized carbons (Fsp3) is 0.500. The van der Waals surface area contributed by atoms with Crippen molar-refractivity contribution < 1.29 is 13.5 Å². The molecule has 1 N–H and O–H groups in total. The van der Waals surface area contributed by atoms with E-state index >= 15 is 0 Å². The van der Waals surface area contributed by atoms with Crippen molar-refractivity contribution >= 4 is 0 Å². The molecule has 0 fully saturated rings. The Kier molecular flexibility index (Phi) is 5.19. The molecular weight excluding hydrogens is 212 g/mol.